The average Bonchev–Trinajstić information content (AvgIpc) is 3.19. The van der Waals surface area contributed by atoms with E-state index in [2.05, 4.69) is 27.0 Å². The predicted molar refractivity (Wildman–Crippen MR) is 124 cm³/mol. The number of carbonyl (C=O) groups excluding carboxylic acids is 2. The highest BCUT2D eigenvalue weighted by atomic mass is 16.7. The number of carbonyl (C=O) groups is 2. The molecule has 4 saturated carbocycles. The number of hydrogen-bond donors (Lipinski definition) is 2. The van der Waals surface area contributed by atoms with Gasteiger partial charge in [0.25, 0.3) is 5.79 Å². The Hall–Kier alpha value is -1.66. The van der Waals surface area contributed by atoms with Crippen LogP contribution in [-0.4, -0.2) is 39.1 Å². The lowest BCUT2D eigenvalue weighted by atomic mass is 9.53. The molecule has 0 aromatic rings. The summed E-state index contributed by atoms with van der Waals surface area (Å²) in [7, 11) is 0. The lowest BCUT2D eigenvalue weighted by molar-refractivity contribution is -0.380. The Morgan fingerprint density at radius 3 is 1.97 bits per heavy atom. The summed E-state index contributed by atoms with van der Waals surface area (Å²) in [5.41, 5.74) is -5.81. The van der Waals surface area contributed by atoms with Gasteiger partial charge >= 0.3 is 11.9 Å². The van der Waals surface area contributed by atoms with Gasteiger partial charge in [-0.15, -0.1) is 0 Å². The van der Waals surface area contributed by atoms with E-state index in [0.29, 0.717) is 19.3 Å². The van der Waals surface area contributed by atoms with Gasteiger partial charge in [-0.05, 0) is 55.8 Å². The molecular weight excluding hydrogens is 420 g/mol. The van der Waals surface area contributed by atoms with Crippen LogP contribution in [0, 0.1) is 33.5 Å². The van der Waals surface area contributed by atoms with Crippen molar-refractivity contribution in [2.24, 2.45) is 33.5 Å². The number of esters is 2. The van der Waals surface area contributed by atoms with Crippen LogP contribution >= 0.6 is 0 Å². The van der Waals surface area contributed by atoms with E-state index in [9.17, 15) is 19.8 Å². The summed E-state index contributed by atoms with van der Waals surface area (Å²) in [6.07, 6.45) is 4.23. The van der Waals surface area contributed by atoms with Crippen LogP contribution in [0.1, 0.15) is 80.6 Å². The zero-order valence-electron chi connectivity index (χ0n) is 21.2. The van der Waals surface area contributed by atoms with Crippen molar-refractivity contribution in [3.8, 4) is 0 Å². The van der Waals surface area contributed by atoms with Crippen molar-refractivity contribution < 1.29 is 29.3 Å². The first-order chi connectivity index (χ1) is 14.9. The van der Waals surface area contributed by atoms with Crippen LogP contribution < -0.4 is 0 Å². The normalized spacial score (nSPS) is 48.5. The summed E-state index contributed by atoms with van der Waals surface area (Å²) < 4.78 is 12.2. The SMILES string of the molecule is C=CC(=O)O[C@@]1(O)C(OC(=O)C(=C)C)([C@@]2(O)C[C@H]3CC[C@]2(C)C3(C)C)[C@@H]2CC[C@]1(C)C2(C)C. The number of hydrogen-bond acceptors (Lipinski definition) is 6. The number of rotatable bonds is 5. The summed E-state index contributed by atoms with van der Waals surface area (Å²) in [6.45, 7) is 21.0. The van der Waals surface area contributed by atoms with E-state index in [4.69, 9.17) is 9.47 Å². The van der Waals surface area contributed by atoms with E-state index in [1.54, 1.807) is 6.92 Å². The third-order valence-electron chi connectivity index (χ3n) is 11.5. The van der Waals surface area contributed by atoms with E-state index in [0.717, 1.165) is 18.9 Å². The van der Waals surface area contributed by atoms with Crippen molar-refractivity contribution in [3.05, 3.63) is 24.8 Å². The van der Waals surface area contributed by atoms with Gasteiger partial charge in [-0.2, -0.15) is 0 Å². The fourth-order valence-electron chi connectivity index (χ4n) is 8.70. The summed E-state index contributed by atoms with van der Waals surface area (Å²) in [5.74, 6) is -4.01. The fraction of sp³-hybridized carbons (Fsp3) is 0.778. The highest BCUT2D eigenvalue weighted by Gasteiger charge is 2.92. The Labute approximate surface area is 197 Å². The van der Waals surface area contributed by atoms with Gasteiger partial charge in [-0.25, -0.2) is 9.59 Å². The third kappa shape index (κ3) is 2.28. The Bertz CT molecular complexity index is 950. The first-order valence-corrected chi connectivity index (χ1v) is 12.1. The fourth-order valence-corrected chi connectivity index (χ4v) is 8.70. The maximum Gasteiger partial charge on any atom is 0.334 e. The minimum atomic E-state index is -2.25. The topological polar surface area (TPSA) is 93.1 Å². The molecule has 0 aromatic carbocycles. The Morgan fingerprint density at radius 1 is 0.939 bits per heavy atom. The highest BCUT2D eigenvalue weighted by molar-refractivity contribution is 5.88. The van der Waals surface area contributed by atoms with Crippen LogP contribution in [-0.2, 0) is 19.1 Å². The van der Waals surface area contributed by atoms with E-state index >= 15 is 0 Å². The molecule has 0 heterocycles. The van der Waals surface area contributed by atoms with E-state index in [-0.39, 0.29) is 16.9 Å². The van der Waals surface area contributed by atoms with Crippen LogP contribution in [0.15, 0.2) is 24.8 Å². The minimum absolute atomic E-state index is 0.161. The Kier molecular flexibility index (Phi) is 4.83. The second kappa shape index (κ2) is 6.51. The third-order valence-corrected chi connectivity index (χ3v) is 11.5. The van der Waals surface area contributed by atoms with Crippen LogP contribution in [0.2, 0.25) is 0 Å². The molecule has 1 unspecified atom stereocenters. The largest absolute Gasteiger partial charge is 0.445 e. The second-order valence-electron chi connectivity index (χ2n) is 12.7. The maximum atomic E-state index is 13.2. The molecule has 33 heavy (non-hydrogen) atoms. The molecule has 4 bridgehead atoms. The van der Waals surface area contributed by atoms with Gasteiger partial charge in [0, 0.05) is 28.4 Å². The van der Waals surface area contributed by atoms with Gasteiger partial charge in [0.1, 0.15) is 5.60 Å². The van der Waals surface area contributed by atoms with Crippen molar-refractivity contribution >= 4 is 11.9 Å². The standard InChI is InChI=1S/C27H40O6/c1-10-19(28)32-27(31)24(9)14-12-18(22(24,6)7)26(27,33-20(29)16(2)3)25(30)15-17-11-13-23(25,8)21(17,4)5/h10,17-18,30-31H,1-2,11-15H2,3-9H3/t17-,18-,23-,24-,25-,26?,27-/m1/s1. The van der Waals surface area contributed by atoms with Gasteiger partial charge in [0.05, 0.1) is 0 Å². The lowest BCUT2D eigenvalue weighted by Gasteiger charge is -2.61. The van der Waals surface area contributed by atoms with Crippen molar-refractivity contribution in [1.29, 1.82) is 0 Å². The smallest absolute Gasteiger partial charge is 0.334 e. The molecule has 0 aromatic heterocycles. The van der Waals surface area contributed by atoms with Crippen LogP contribution in [0.25, 0.3) is 0 Å². The van der Waals surface area contributed by atoms with Gasteiger partial charge in [0.15, 0.2) is 0 Å². The highest BCUT2D eigenvalue weighted by Crippen LogP contribution is 2.82. The maximum absolute atomic E-state index is 13.2. The summed E-state index contributed by atoms with van der Waals surface area (Å²) >= 11 is 0. The van der Waals surface area contributed by atoms with Crippen LogP contribution in [0.5, 0.6) is 0 Å². The predicted octanol–water partition coefficient (Wildman–Crippen LogP) is 4.30. The van der Waals surface area contributed by atoms with Crippen molar-refractivity contribution in [3.63, 3.8) is 0 Å². The molecule has 4 aliphatic carbocycles. The monoisotopic (exact) mass is 460 g/mol. The molecule has 0 radical (unpaired) electrons. The molecule has 4 aliphatic rings. The zero-order chi connectivity index (χ0) is 25.0. The van der Waals surface area contributed by atoms with Crippen LogP contribution in [0.4, 0.5) is 0 Å². The van der Waals surface area contributed by atoms with Gasteiger partial charge in [0.2, 0.25) is 5.60 Å². The Balaban J connectivity index is 2.07. The van der Waals surface area contributed by atoms with Gasteiger partial charge in [-0.1, -0.05) is 54.7 Å². The molecule has 0 aliphatic heterocycles. The summed E-state index contributed by atoms with van der Waals surface area (Å²) in [6, 6.07) is 0. The first-order valence-electron chi connectivity index (χ1n) is 12.1. The average molecular weight is 461 g/mol. The summed E-state index contributed by atoms with van der Waals surface area (Å²) in [5, 5.41) is 25.5. The number of ether oxygens (including phenoxy) is 2. The summed E-state index contributed by atoms with van der Waals surface area (Å²) in [4.78, 5) is 25.9. The second-order valence-corrected chi connectivity index (χ2v) is 12.7. The molecule has 4 fully saturated rings. The van der Waals surface area contributed by atoms with Gasteiger partial charge in [-0.3, -0.25) is 0 Å². The van der Waals surface area contributed by atoms with Crippen molar-refractivity contribution in [1.82, 2.24) is 0 Å². The molecule has 7 atom stereocenters. The minimum Gasteiger partial charge on any atom is -0.445 e. The molecule has 0 spiro atoms. The van der Waals surface area contributed by atoms with Crippen molar-refractivity contribution in [2.75, 3.05) is 0 Å². The van der Waals surface area contributed by atoms with E-state index in [1.165, 1.54) is 0 Å². The number of fused-ring (bicyclic) bond motifs is 4. The molecule has 184 valence electrons. The lowest BCUT2D eigenvalue weighted by Crippen LogP contribution is -2.78. The van der Waals surface area contributed by atoms with E-state index < -0.39 is 51.1 Å². The van der Waals surface area contributed by atoms with E-state index in [1.807, 2.05) is 27.7 Å². The molecule has 4 rings (SSSR count). The van der Waals surface area contributed by atoms with Crippen molar-refractivity contribution in [2.45, 2.75) is 97.6 Å². The quantitative estimate of drug-likeness (QED) is 0.361. The molecular formula is C27H40O6. The van der Waals surface area contributed by atoms with Crippen LogP contribution in [0.3, 0.4) is 0 Å². The number of aliphatic hydroxyl groups is 2. The van der Waals surface area contributed by atoms with Gasteiger partial charge < -0.3 is 19.7 Å². The molecule has 0 amide bonds. The zero-order valence-corrected chi connectivity index (χ0v) is 21.2. The first kappa shape index (κ1) is 24.5. The molecule has 0 saturated heterocycles. The molecule has 6 heteroatoms. The Morgan fingerprint density at radius 2 is 1.52 bits per heavy atom. The molecule has 2 N–H and O–H groups in total. The molecule has 6 nitrogen and oxygen atoms in total.